The van der Waals surface area contributed by atoms with Crippen molar-refractivity contribution in [2.45, 2.75) is 46.2 Å². The summed E-state index contributed by atoms with van der Waals surface area (Å²) in [5.74, 6) is 1.49. The van der Waals surface area contributed by atoms with Gasteiger partial charge < -0.3 is 4.90 Å². The molecule has 6 heteroatoms. The van der Waals surface area contributed by atoms with Crippen LogP contribution in [0.5, 0.6) is 0 Å². The number of likely N-dealkylation sites (N-methyl/N-ethyl adjacent to an activating group) is 1. The summed E-state index contributed by atoms with van der Waals surface area (Å²) in [6.45, 7) is 11.3. The number of hydrogen-bond donors (Lipinski definition) is 0. The van der Waals surface area contributed by atoms with E-state index >= 15 is 0 Å². The van der Waals surface area contributed by atoms with Gasteiger partial charge in [-0.15, -0.1) is 0 Å². The molecule has 1 unspecified atom stereocenters. The molecule has 2 aromatic rings. The third-order valence-corrected chi connectivity index (χ3v) is 5.74. The predicted molar refractivity (Wildman–Crippen MR) is 113 cm³/mol. The number of fused-ring (bicyclic) bond motifs is 1. The summed E-state index contributed by atoms with van der Waals surface area (Å²) in [6.07, 6.45) is 2.06. The van der Waals surface area contributed by atoms with Crippen LogP contribution in [-0.2, 0) is 6.54 Å². The second-order valence-electron chi connectivity index (χ2n) is 7.85. The Bertz CT molecular complexity index is 850. The Labute approximate surface area is 166 Å². The molecule has 2 heterocycles. The van der Waals surface area contributed by atoms with Gasteiger partial charge in [0.05, 0.1) is 16.9 Å². The van der Waals surface area contributed by atoms with E-state index in [9.17, 15) is 4.79 Å². The molecule has 5 nitrogen and oxygen atoms in total. The van der Waals surface area contributed by atoms with E-state index < -0.39 is 0 Å². The highest BCUT2D eigenvalue weighted by Crippen LogP contribution is 2.27. The van der Waals surface area contributed by atoms with Crippen LogP contribution in [0.1, 0.15) is 45.5 Å². The van der Waals surface area contributed by atoms with Gasteiger partial charge in [0.15, 0.2) is 0 Å². The van der Waals surface area contributed by atoms with Crippen LogP contribution in [0, 0.1) is 5.92 Å². The average molecular weight is 391 g/mol. The SMILES string of the molecule is CCC[C@@H](c1nc2ccc(Cl)cc2c(=O)n1CC)N1CCN(C)CC(C)C1. The summed E-state index contributed by atoms with van der Waals surface area (Å²) >= 11 is 6.12. The molecule has 3 rings (SSSR count). The Hall–Kier alpha value is -1.43. The maximum absolute atomic E-state index is 13.1. The molecule has 0 aliphatic carbocycles. The van der Waals surface area contributed by atoms with Gasteiger partial charge in [-0.05, 0) is 44.5 Å². The molecule has 0 radical (unpaired) electrons. The maximum Gasteiger partial charge on any atom is 0.261 e. The first kappa shape index (κ1) is 20.3. The molecule has 1 fully saturated rings. The van der Waals surface area contributed by atoms with Crippen molar-refractivity contribution < 1.29 is 0 Å². The van der Waals surface area contributed by atoms with Crippen molar-refractivity contribution in [1.29, 1.82) is 0 Å². The van der Waals surface area contributed by atoms with Gasteiger partial charge in [-0.1, -0.05) is 31.9 Å². The minimum Gasteiger partial charge on any atom is -0.305 e. The van der Waals surface area contributed by atoms with Crippen LogP contribution in [0.15, 0.2) is 23.0 Å². The van der Waals surface area contributed by atoms with Crippen LogP contribution in [0.3, 0.4) is 0 Å². The lowest BCUT2D eigenvalue weighted by atomic mass is 10.1. The molecule has 1 aromatic carbocycles. The molecule has 1 saturated heterocycles. The third-order valence-electron chi connectivity index (χ3n) is 5.50. The van der Waals surface area contributed by atoms with E-state index in [0.29, 0.717) is 22.9 Å². The lowest BCUT2D eigenvalue weighted by Crippen LogP contribution is -2.38. The van der Waals surface area contributed by atoms with Crippen LogP contribution in [0.2, 0.25) is 5.02 Å². The van der Waals surface area contributed by atoms with Gasteiger partial charge in [-0.25, -0.2) is 4.98 Å². The summed E-state index contributed by atoms with van der Waals surface area (Å²) in [6, 6.07) is 5.58. The average Bonchev–Trinajstić information content (AvgIpc) is 2.80. The fraction of sp³-hybridized carbons (Fsp3) is 0.619. The molecule has 0 N–H and O–H groups in total. The zero-order valence-electron chi connectivity index (χ0n) is 16.9. The van der Waals surface area contributed by atoms with E-state index in [1.54, 1.807) is 6.07 Å². The summed E-state index contributed by atoms with van der Waals surface area (Å²) < 4.78 is 1.85. The molecular weight excluding hydrogens is 360 g/mol. The minimum atomic E-state index is 0.0149. The van der Waals surface area contributed by atoms with Crippen molar-refractivity contribution in [2.75, 3.05) is 33.2 Å². The fourth-order valence-electron chi connectivity index (χ4n) is 4.27. The molecule has 1 aromatic heterocycles. The highest BCUT2D eigenvalue weighted by atomic mass is 35.5. The first-order valence-corrected chi connectivity index (χ1v) is 10.4. The van der Waals surface area contributed by atoms with E-state index in [1.165, 1.54) is 0 Å². The van der Waals surface area contributed by atoms with Crippen LogP contribution in [-0.4, -0.2) is 52.6 Å². The second kappa shape index (κ2) is 8.72. The highest BCUT2D eigenvalue weighted by Gasteiger charge is 2.28. The molecule has 27 heavy (non-hydrogen) atoms. The Kier molecular flexibility index (Phi) is 6.56. The smallest absolute Gasteiger partial charge is 0.261 e. The Morgan fingerprint density at radius 1 is 1.26 bits per heavy atom. The van der Waals surface area contributed by atoms with E-state index in [0.717, 1.165) is 50.4 Å². The Morgan fingerprint density at radius 3 is 2.74 bits per heavy atom. The zero-order chi connectivity index (χ0) is 19.6. The van der Waals surface area contributed by atoms with Crippen LogP contribution in [0.4, 0.5) is 0 Å². The molecule has 148 valence electrons. The number of aromatic nitrogens is 2. The van der Waals surface area contributed by atoms with E-state index in [4.69, 9.17) is 16.6 Å². The van der Waals surface area contributed by atoms with Gasteiger partial charge in [0, 0.05) is 37.7 Å². The maximum atomic E-state index is 13.1. The van der Waals surface area contributed by atoms with Crippen molar-refractivity contribution in [1.82, 2.24) is 19.4 Å². The number of benzene rings is 1. The van der Waals surface area contributed by atoms with Crippen LogP contribution < -0.4 is 5.56 Å². The lowest BCUT2D eigenvalue weighted by Gasteiger charge is -2.32. The first-order chi connectivity index (χ1) is 12.9. The summed E-state index contributed by atoms with van der Waals surface area (Å²) in [5, 5.41) is 1.18. The number of halogens is 1. The fourth-order valence-corrected chi connectivity index (χ4v) is 4.45. The molecule has 1 aliphatic rings. The van der Waals surface area contributed by atoms with E-state index in [-0.39, 0.29) is 11.6 Å². The topological polar surface area (TPSA) is 41.4 Å². The van der Waals surface area contributed by atoms with Crippen LogP contribution in [0.25, 0.3) is 10.9 Å². The molecule has 2 atom stereocenters. The van der Waals surface area contributed by atoms with E-state index in [1.807, 2.05) is 23.6 Å². The van der Waals surface area contributed by atoms with E-state index in [2.05, 4.69) is 30.7 Å². The molecule has 0 bridgehead atoms. The summed E-state index contributed by atoms with van der Waals surface area (Å²) in [7, 11) is 2.19. The number of nitrogens with zero attached hydrogens (tertiary/aromatic N) is 4. The first-order valence-electron chi connectivity index (χ1n) is 10.1. The largest absolute Gasteiger partial charge is 0.305 e. The van der Waals surface area contributed by atoms with Crippen molar-refractivity contribution in [3.05, 3.63) is 39.4 Å². The molecular formula is C21H31ClN4O. The van der Waals surface area contributed by atoms with Crippen molar-refractivity contribution >= 4 is 22.5 Å². The van der Waals surface area contributed by atoms with Crippen molar-refractivity contribution in [3.8, 4) is 0 Å². The monoisotopic (exact) mass is 390 g/mol. The van der Waals surface area contributed by atoms with Gasteiger partial charge in [0.1, 0.15) is 5.82 Å². The Morgan fingerprint density at radius 2 is 2.04 bits per heavy atom. The number of hydrogen-bond acceptors (Lipinski definition) is 4. The third kappa shape index (κ3) is 4.36. The second-order valence-corrected chi connectivity index (χ2v) is 8.28. The van der Waals surface area contributed by atoms with Crippen LogP contribution >= 0.6 is 11.6 Å². The quantitative estimate of drug-likeness (QED) is 0.778. The van der Waals surface area contributed by atoms with Crippen molar-refractivity contribution in [3.63, 3.8) is 0 Å². The normalized spacial score (nSPS) is 20.7. The molecule has 0 spiro atoms. The predicted octanol–water partition coefficient (Wildman–Crippen LogP) is 3.79. The molecule has 0 saturated carbocycles. The summed E-state index contributed by atoms with van der Waals surface area (Å²) in [5.41, 5.74) is 0.756. The van der Waals surface area contributed by atoms with Gasteiger partial charge in [0.2, 0.25) is 0 Å². The number of rotatable bonds is 5. The van der Waals surface area contributed by atoms with Gasteiger partial charge in [-0.3, -0.25) is 14.3 Å². The minimum absolute atomic E-state index is 0.0149. The standard InChI is InChI=1S/C21H31ClN4O/c1-5-7-19(25-11-10-24(4)13-15(3)14-25)20-23-18-9-8-16(22)12-17(18)21(27)26(20)6-2/h8-9,12,15,19H,5-7,10-11,13-14H2,1-4H3/t15?,19-/m0/s1. The van der Waals surface area contributed by atoms with Gasteiger partial charge in [0.25, 0.3) is 5.56 Å². The molecule has 1 aliphatic heterocycles. The lowest BCUT2D eigenvalue weighted by molar-refractivity contribution is 0.167. The Balaban J connectivity index is 2.10. The van der Waals surface area contributed by atoms with Gasteiger partial charge in [-0.2, -0.15) is 0 Å². The highest BCUT2D eigenvalue weighted by molar-refractivity contribution is 6.31. The molecule has 0 amide bonds. The van der Waals surface area contributed by atoms with Crippen molar-refractivity contribution in [2.24, 2.45) is 5.92 Å². The van der Waals surface area contributed by atoms with Gasteiger partial charge >= 0.3 is 0 Å². The zero-order valence-corrected chi connectivity index (χ0v) is 17.7. The summed E-state index contributed by atoms with van der Waals surface area (Å²) in [4.78, 5) is 23.0.